The third kappa shape index (κ3) is 4.47. The number of aromatic carboxylic acids is 1. The van der Waals surface area contributed by atoms with Gasteiger partial charge in [-0.1, -0.05) is 0 Å². The van der Waals surface area contributed by atoms with Gasteiger partial charge in [-0.25, -0.2) is 23.5 Å². The van der Waals surface area contributed by atoms with E-state index in [2.05, 4.69) is 15.3 Å². The van der Waals surface area contributed by atoms with Crippen molar-refractivity contribution in [3.8, 4) is 0 Å². The number of benzene rings is 1. The second-order valence-corrected chi connectivity index (χ2v) is 7.75. The molecule has 4 aromatic rings. The van der Waals surface area contributed by atoms with E-state index < -0.39 is 45.4 Å². The summed E-state index contributed by atoms with van der Waals surface area (Å²) in [4.78, 5) is 32.3. The summed E-state index contributed by atoms with van der Waals surface area (Å²) in [5, 5.41) is 11.7. The SMILES string of the molecule is Nc1c(F)c(NCCCn2ccnc2)c(F)c2c1c(=O)c(C(=O)O)cn2CCCn1ccnc1. The molecular formula is C22H23F2N7O3. The van der Waals surface area contributed by atoms with E-state index in [1.54, 1.807) is 42.0 Å². The lowest BCUT2D eigenvalue weighted by Gasteiger charge is -2.18. The molecule has 0 radical (unpaired) electrons. The van der Waals surface area contributed by atoms with Crippen LogP contribution in [0.4, 0.5) is 20.2 Å². The van der Waals surface area contributed by atoms with Gasteiger partial charge in [-0.05, 0) is 12.8 Å². The summed E-state index contributed by atoms with van der Waals surface area (Å²) in [5.41, 5.74) is 2.97. The van der Waals surface area contributed by atoms with Crippen molar-refractivity contribution in [2.75, 3.05) is 17.6 Å². The van der Waals surface area contributed by atoms with E-state index in [4.69, 9.17) is 5.73 Å². The number of hydrogen-bond donors (Lipinski definition) is 3. The number of anilines is 2. The summed E-state index contributed by atoms with van der Waals surface area (Å²) >= 11 is 0. The Morgan fingerprint density at radius 3 is 2.26 bits per heavy atom. The largest absolute Gasteiger partial charge is 0.477 e. The first kappa shape index (κ1) is 23.0. The fourth-order valence-corrected chi connectivity index (χ4v) is 3.83. The van der Waals surface area contributed by atoms with E-state index in [9.17, 15) is 14.7 Å². The number of imidazole rings is 2. The predicted molar refractivity (Wildman–Crippen MR) is 122 cm³/mol. The van der Waals surface area contributed by atoms with Crippen LogP contribution < -0.4 is 16.5 Å². The van der Waals surface area contributed by atoms with Crippen LogP contribution in [0.2, 0.25) is 0 Å². The zero-order chi connectivity index (χ0) is 24.2. The van der Waals surface area contributed by atoms with Gasteiger partial charge in [0.2, 0.25) is 5.43 Å². The molecule has 4 rings (SSSR count). The van der Waals surface area contributed by atoms with Gasteiger partial charge in [-0.15, -0.1) is 0 Å². The highest BCUT2D eigenvalue weighted by Crippen LogP contribution is 2.33. The van der Waals surface area contributed by atoms with Crippen molar-refractivity contribution in [1.82, 2.24) is 23.7 Å². The Hall–Kier alpha value is -4.22. The van der Waals surface area contributed by atoms with Crippen LogP contribution in [-0.4, -0.2) is 41.3 Å². The number of pyridine rings is 1. The number of carbonyl (C=O) groups is 1. The molecule has 12 heteroatoms. The highest BCUT2D eigenvalue weighted by atomic mass is 19.1. The molecule has 0 aliphatic carbocycles. The highest BCUT2D eigenvalue weighted by Gasteiger charge is 2.25. The van der Waals surface area contributed by atoms with Gasteiger partial charge in [0.25, 0.3) is 0 Å². The maximum Gasteiger partial charge on any atom is 0.341 e. The molecular weight excluding hydrogens is 448 g/mol. The molecule has 0 saturated carbocycles. The Labute approximate surface area is 192 Å². The molecule has 4 N–H and O–H groups in total. The zero-order valence-corrected chi connectivity index (χ0v) is 18.1. The van der Waals surface area contributed by atoms with Gasteiger partial charge < -0.3 is 29.9 Å². The maximum absolute atomic E-state index is 15.6. The highest BCUT2D eigenvalue weighted by molar-refractivity contribution is 5.99. The molecule has 0 saturated heterocycles. The molecule has 0 aliphatic heterocycles. The quantitative estimate of drug-likeness (QED) is 0.239. The minimum atomic E-state index is -1.50. The van der Waals surface area contributed by atoms with Crippen LogP contribution in [0.3, 0.4) is 0 Å². The summed E-state index contributed by atoms with van der Waals surface area (Å²) in [6.45, 7) is 1.50. The topological polar surface area (TPSA) is 133 Å². The summed E-state index contributed by atoms with van der Waals surface area (Å²) in [7, 11) is 0. The maximum atomic E-state index is 15.6. The number of nitrogens with one attached hydrogen (secondary N) is 1. The Morgan fingerprint density at radius 2 is 1.68 bits per heavy atom. The fraction of sp³-hybridized carbons (Fsp3) is 0.273. The second-order valence-electron chi connectivity index (χ2n) is 7.75. The molecule has 0 unspecified atom stereocenters. The number of carboxylic acids is 1. The number of aromatic nitrogens is 5. The molecule has 3 aromatic heterocycles. The summed E-state index contributed by atoms with van der Waals surface area (Å²) in [5.74, 6) is -3.63. The lowest BCUT2D eigenvalue weighted by atomic mass is 10.1. The predicted octanol–water partition coefficient (Wildman–Crippen LogP) is 2.55. The van der Waals surface area contributed by atoms with E-state index >= 15 is 8.78 Å². The Kier molecular flexibility index (Phi) is 6.57. The lowest BCUT2D eigenvalue weighted by Crippen LogP contribution is -2.22. The van der Waals surface area contributed by atoms with E-state index in [0.717, 1.165) is 6.20 Å². The van der Waals surface area contributed by atoms with Gasteiger partial charge in [0.1, 0.15) is 11.3 Å². The molecule has 10 nitrogen and oxygen atoms in total. The van der Waals surface area contributed by atoms with Crippen LogP contribution in [0.1, 0.15) is 23.2 Å². The summed E-state index contributed by atoms with van der Waals surface area (Å²) in [6, 6.07) is 0. The molecule has 1 aromatic carbocycles. The molecule has 0 atom stereocenters. The molecule has 0 spiro atoms. The number of carboxylic acid groups (broad SMARTS) is 1. The van der Waals surface area contributed by atoms with Crippen LogP contribution in [0, 0.1) is 11.6 Å². The van der Waals surface area contributed by atoms with E-state index in [1.807, 2.05) is 4.57 Å². The first-order valence-corrected chi connectivity index (χ1v) is 10.6. The number of halogens is 2. The first-order valence-electron chi connectivity index (χ1n) is 10.6. The Balaban J connectivity index is 1.70. The van der Waals surface area contributed by atoms with Crippen LogP contribution >= 0.6 is 0 Å². The molecule has 178 valence electrons. The van der Waals surface area contributed by atoms with Crippen molar-refractivity contribution in [2.45, 2.75) is 32.5 Å². The monoisotopic (exact) mass is 471 g/mol. The van der Waals surface area contributed by atoms with E-state index in [0.29, 0.717) is 25.9 Å². The first-order chi connectivity index (χ1) is 16.4. The minimum Gasteiger partial charge on any atom is -0.477 e. The standard InChI is InChI=1S/C22H23F2N7O3/c23-16-18(25)15-20(17(24)19(16)28-3-1-6-29-9-4-26-12-29)31(11-14(21(15)32)22(33)34)8-2-7-30-10-5-27-13-30/h4-5,9-13,28H,1-3,6-8,25H2,(H,33,34). The van der Waals surface area contributed by atoms with Crippen molar-refractivity contribution < 1.29 is 18.7 Å². The number of fused-ring (bicyclic) bond motifs is 1. The number of rotatable bonds is 10. The zero-order valence-electron chi connectivity index (χ0n) is 18.1. The van der Waals surface area contributed by atoms with Crippen molar-refractivity contribution in [3.63, 3.8) is 0 Å². The molecule has 0 amide bonds. The molecule has 34 heavy (non-hydrogen) atoms. The normalized spacial score (nSPS) is 11.2. The van der Waals surface area contributed by atoms with E-state index in [1.165, 1.54) is 4.57 Å². The third-order valence-electron chi connectivity index (χ3n) is 5.49. The minimum absolute atomic E-state index is 0.164. The Bertz CT molecular complexity index is 1370. The van der Waals surface area contributed by atoms with E-state index in [-0.39, 0.29) is 18.6 Å². The number of hydrogen-bond acceptors (Lipinski definition) is 6. The Morgan fingerprint density at radius 1 is 1.03 bits per heavy atom. The summed E-state index contributed by atoms with van der Waals surface area (Å²) < 4.78 is 35.6. The number of nitrogen functional groups attached to an aromatic ring is 1. The number of aryl methyl sites for hydroxylation is 3. The van der Waals surface area contributed by atoms with Gasteiger partial charge in [0.15, 0.2) is 11.6 Å². The second kappa shape index (κ2) is 9.73. The summed E-state index contributed by atoms with van der Waals surface area (Å²) in [6.07, 6.45) is 12.1. The smallest absolute Gasteiger partial charge is 0.341 e. The number of nitrogens with two attached hydrogens (primary N) is 1. The fourth-order valence-electron chi connectivity index (χ4n) is 3.83. The molecule has 0 fully saturated rings. The van der Waals surface area contributed by atoms with Gasteiger partial charge in [-0.3, -0.25) is 4.79 Å². The van der Waals surface area contributed by atoms with Gasteiger partial charge in [-0.2, -0.15) is 0 Å². The van der Waals surface area contributed by atoms with Crippen molar-refractivity contribution in [1.29, 1.82) is 0 Å². The number of nitrogens with zero attached hydrogens (tertiary/aromatic N) is 5. The lowest BCUT2D eigenvalue weighted by molar-refractivity contribution is 0.0694. The molecule has 3 heterocycles. The average molecular weight is 471 g/mol. The average Bonchev–Trinajstić information content (AvgIpc) is 3.52. The van der Waals surface area contributed by atoms with Crippen molar-refractivity contribution in [2.24, 2.45) is 0 Å². The van der Waals surface area contributed by atoms with Gasteiger partial charge in [0.05, 0.1) is 29.2 Å². The third-order valence-corrected chi connectivity index (χ3v) is 5.49. The molecule has 0 aliphatic rings. The van der Waals surface area contributed by atoms with Gasteiger partial charge in [0, 0.05) is 57.2 Å². The van der Waals surface area contributed by atoms with Crippen molar-refractivity contribution >= 4 is 28.2 Å². The molecule has 0 bridgehead atoms. The van der Waals surface area contributed by atoms with Crippen LogP contribution in [0.25, 0.3) is 10.9 Å². The van der Waals surface area contributed by atoms with Gasteiger partial charge >= 0.3 is 5.97 Å². The van der Waals surface area contributed by atoms with Crippen LogP contribution in [0.15, 0.2) is 48.4 Å². The van der Waals surface area contributed by atoms with Crippen LogP contribution in [0.5, 0.6) is 0 Å². The van der Waals surface area contributed by atoms with Crippen LogP contribution in [-0.2, 0) is 19.6 Å². The van der Waals surface area contributed by atoms with Crippen molar-refractivity contribution in [3.05, 3.63) is 71.1 Å².